The van der Waals surface area contributed by atoms with E-state index in [-0.39, 0.29) is 5.82 Å². The molecule has 0 atom stereocenters. The summed E-state index contributed by atoms with van der Waals surface area (Å²) in [6.07, 6.45) is 1.54. The average Bonchev–Trinajstić information content (AvgIpc) is 2.67. The second kappa shape index (κ2) is 7.72. The van der Waals surface area contributed by atoms with Crippen LogP contribution < -0.4 is 10.6 Å². The third-order valence-corrected chi connectivity index (χ3v) is 4.60. The standard InChI is InChI=1S/C21H16BrFN4/c22-15-4-2-6-18(10-15)27-21-19-11-17(7-8-20(19)25-13-26-21)24-12-14-3-1-5-16(23)9-14/h1-11,13,24H,12H2,(H,25,26,27). The van der Waals surface area contributed by atoms with E-state index in [1.165, 1.54) is 12.1 Å². The molecule has 1 aromatic heterocycles. The number of rotatable bonds is 5. The van der Waals surface area contributed by atoms with E-state index in [2.05, 4.69) is 36.5 Å². The van der Waals surface area contributed by atoms with E-state index in [1.54, 1.807) is 12.4 Å². The molecule has 0 unspecified atom stereocenters. The van der Waals surface area contributed by atoms with Crippen LogP contribution in [0.15, 0.2) is 77.5 Å². The van der Waals surface area contributed by atoms with Gasteiger partial charge in [-0.25, -0.2) is 14.4 Å². The first-order valence-corrected chi connectivity index (χ1v) is 9.22. The molecule has 0 saturated carbocycles. The van der Waals surface area contributed by atoms with Gasteiger partial charge in [-0.2, -0.15) is 0 Å². The topological polar surface area (TPSA) is 49.8 Å². The number of fused-ring (bicyclic) bond motifs is 1. The summed E-state index contributed by atoms with van der Waals surface area (Å²) in [7, 11) is 0. The summed E-state index contributed by atoms with van der Waals surface area (Å²) < 4.78 is 14.3. The first-order chi connectivity index (χ1) is 13.2. The third kappa shape index (κ3) is 4.23. The highest BCUT2D eigenvalue weighted by molar-refractivity contribution is 9.10. The SMILES string of the molecule is Fc1cccc(CNc2ccc3ncnc(Nc4cccc(Br)c4)c3c2)c1. The van der Waals surface area contributed by atoms with Crippen molar-refractivity contribution in [3.63, 3.8) is 0 Å². The van der Waals surface area contributed by atoms with Gasteiger partial charge in [0.2, 0.25) is 0 Å². The Hall–Kier alpha value is -2.99. The van der Waals surface area contributed by atoms with Crippen molar-refractivity contribution >= 4 is 44.0 Å². The maximum absolute atomic E-state index is 13.3. The molecule has 0 bridgehead atoms. The highest BCUT2D eigenvalue weighted by Crippen LogP contribution is 2.27. The Morgan fingerprint density at radius 2 is 1.78 bits per heavy atom. The molecule has 0 aliphatic heterocycles. The van der Waals surface area contributed by atoms with Crippen LogP contribution in [-0.2, 0) is 6.54 Å². The normalized spacial score (nSPS) is 10.7. The Balaban J connectivity index is 1.60. The summed E-state index contributed by atoms with van der Waals surface area (Å²) in [5, 5.41) is 7.57. The van der Waals surface area contributed by atoms with Gasteiger partial charge >= 0.3 is 0 Å². The van der Waals surface area contributed by atoms with E-state index in [0.717, 1.165) is 38.1 Å². The number of halogens is 2. The fourth-order valence-electron chi connectivity index (χ4n) is 2.82. The van der Waals surface area contributed by atoms with E-state index in [9.17, 15) is 4.39 Å². The molecule has 0 spiro atoms. The highest BCUT2D eigenvalue weighted by Gasteiger charge is 2.06. The minimum absolute atomic E-state index is 0.235. The highest BCUT2D eigenvalue weighted by atomic mass is 79.9. The number of benzene rings is 3. The van der Waals surface area contributed by atoms with Gasteiger partial charge in [-0.3, -0.25) is 0 Å². The Bertz CT molecular complexity index is 1100. The molecule has 0 aliphatic rings. The monoisotopic (exact) mass is 422 g/mol. The van der Waals surface area contributed by atoms with Crippen LogP contribution in [-0.4, -0.2) is 9.97 Å². The van der Waals surface area contributed by atoms with Crippen LogP contribution in [0.1, 0.15) is 5.56 Å². The van der Waals surface area contributed by atoms with E-state index in [4.69, 9.17) is 0 Å². The number of anilines is 3. The second-order valence-corrected chi connectivity index (χ2v) is 6.99. The Morgan fingerprint density at radius 3 is 2.63 bits per heavy atom. The summed E-state index contributed by atoms with van der Waals surface area (Å²) in [6.45, 7) is 0.533. The summed E-state index contributed by atoms with van der Waals surface area (Å²) in [4.78, 5) is 8.72. The lowest BCUT2D eigenvalue weighted by Gasteiger charge is -2.11. The minimum atomic E-state index is -0.235. The van der Waals surface area contributed by atoms with Crippen LogP contribution in [0.5, 0.6) is 0 Å². The molecule has 6 heteroatoms. The van der Waals surface area contributed by atoms with Gasteiger partial charge in [-0.05, 0) is 54.1 Å². The Kier molecular flexibility index (Phi) is 4.98. The van der Waals surface area contributed by atoms with Crippen LogP contribution in [0.3, 0.4) is 0 Å². The molecule has 0 radical (unpaired) electrons. The summed E-state index contributed by atoms with van der Waals surface area (Å²) in [6, 6.07) is 20.4. The van der Waals surface area contributed by atoms with E-state index >= 15 is 0 Å². The first-order valence-electron chi connectivity index (χ1n) is 8.43. The maximum atomic E-state index is 13.3. The molecule has 0 aliphatic carbocycles. The molecular weight excluding hydrogens is 407 g/mol. The number of hydrogen-bond donors (Lipinski definition) is 2. The van der Waals surface area contributed by atoms with Crippen molar-refractivity contribution < 1.29 is 4.39 Å². The van der Waals surface area contributed by atoms with Crippen molar-refractivity contribution in [3.05, 3.63) is 88.9 Å². The number of nitrogens with one attached hydrogen (secondary N) is 2. The summed E-state index contributed by atoms with van der Waals surface area (Å²) >= 11 is 3.48. The molecule has 0 fully saturated rings. The van der Waals surface area contributed by atoms with Crippen molar-refractivity contribution in [2.75, 3.05) is 10.6 Å². The van der Waals surface area contributed by atoms with Gasteiger partial charge in [0.25, 0.3) is 0 Å². The molecular formula is C21H16BrFN4. The van der Waals surface area contributed by atoms with Crippen molar-refractivity contribution in [1.29, 1.82) is 0 Å². The summed E-state index contributed by atoms with van der Waals surface area (Å²) in [5.41, 5.74) is 3.58. The summed E-state index contributed by atoms with van der Waals surface area (Å²) in [5.74, 6) is 0.495. The molecule has 2 N–H and O–H groups in total. The Labute approximate surface area is 164 Å². The zero-order valence-corrected chi connectivity index (χ0v) is 15.9. The Morgan fingerprint density at radius 1 is 0.889 bits per heavy atom. The van der Waals surface area contributed by atoms with Gasteiger partial charge in [0.1, 0.15) is 18.0 Å². The molecule has 4 rings (SSSR count). The predicted molar refractivity (Wildman–Crippen MR) is 111 cm³/mol. The van der Waals surface area contributed by atoms with Crippen LogP contribution in [0.25, 0.3) is 10.9 Å². The van der Waals surface area contributed by atoms with Gasteiger partial charge < -0.3 is 10.6 Å². The van der Waals surface area contributed by atoms with Gasteiger partial charge in [0.05, 0.1) is 5.52 Å². The van der Waals surface area contributed by atoms with E-state index < -0.39 is 0 Å². The van der Waals surface area contributed by atoms with Gasteiger partial charge in [0.15, 0.2) is 0 Å². The molecule has 27 heavy (non-hydrogen) atoms. The van der Waals surface area contributed by atoms with E-state index in [1.807, 2.05) is 48.5 Å². The van der Waals surface area contributed by atoms with Gasteiger partial charge in [0, 0.05) is 27.8 Å². The molecule has 4 aromatic rings. The lowest BCUT2D eigenvalue weighted by Crippen LogP contribution is -2.01. The van der Waals surface area contributed by atoms with Crippen molar-refractivity contribution in [2.45, 2.75) is 6.54 Å². The van der Waals surface area contributed by atoms with Crippen LogP contribution >= 0.6 is 15.9 Å². The van der Waals surface area contributed by atoms with Crippen LogP contribution in [0.4, 0.5) is 21.6 Å². The zero-order valence-electron chi connectivity index (χ0n) is 14.3. The molecule has 1 heterocycles. The molecule has 0 amide bonds. The molecule has 134 valence electrons. The lowest BCUT2D eigenvalue weighted by atomic mass is 10.2. The second-order valence-electron chi connectivity index (χ2n) is 6.07. The smallest absolute Gasteiger partial charge is 0.141 e. The number of hydrogen-bond acceptors (Lipinski definition) is 4. The zero-order chi connectivity index (χ0) is 18.6. The van der Waals surface area contributed by atoms with Crippen molar-refractivity contribution in [2.24, 2.45) is 0 Å². The molecule has 3 aromatic carbocycles. The van der Waals surface area contributed by atoms with Gasteiger partial charge in [-0.15, -0.1) is 0 Å². The van der Waals surface area contributed by atoms with E-state index in [0.29, 0.717) is 6.54 Å². The fourth-order valence-corrected chi connectivity index (χ4v) is 3.22. The lowest BCUT2D eigenvalue weighted by molar-refractivity contribution is 0.626. The fraction of sp³-hybridized carbons (Fsp3) is 0.0476. The minimum Gasteiger partial charge on any atom is -0.381 e. The largest absolute Gasteiger partial charge is 0.381 e. The van der Waals surface area contributed by atoms with Crippen molar-refractivity contribution in [3.8, 4) is 0 Å². The maximum Gasteiger partial charge on any atom is 0.141 e. The molecule has 4 nitrogen and oxygen atoms in total. The number of nitrogens with zero attached hydrogens (tertiary/aromatic N) is 2. The molecule has 0 saturated heterocycles. The quantitative estimate of drug-likeness (QED) is 0.421. The predicted octanol–water partition coefficient (Wildman–Crippen LogP) is 5.89. The third-order valence-electron chi connectivity index (χ3n) is 4.11. The average molecular weight is 423 g/mol. The van der Waals surface area contributed by atoms with Crippen LogP contribution in [0, 0.1) is 5.82 Å². The van der Waals surface area contributed by atoms with Gasteiger partial charge in [-0.1, -0.05) is 34.1 Å². The number of aromatic nitrogens is 2. The first kappa shape index (κ1) is 17.4. The van der Waals surface area contributed by atoms with Crippen molar-refractivity contribution in [1.82, 2.24) is 9.97 Å². The van der Waals surface area contributed by atoms with Crippen LogP contribution in [0.2, 0.25) is 0 Å².